The van der Waals surface area contributed by atoms with Crippen molar-refractivity contribution in [1.82, 2.24) is 0 Å². The van der Waals surface area contributed by atoms with Gasteiger partial charge in [-0.25, -0.2) is 9.59 Å². The van der Waals surface area contributed by atoms with Crippen molar-refractivity contribution < 1.29 is 28.9 Å². The molecule has 1 atom stereocenters. The lowest BCUT2D eigenvalue weighted by molar-refractivity contribution is -0.144. The average Bonchev–Trinajstić information content (AvgIpc) is 2.73. The summed E-state index contributed by atoms with van der Waals surface area (Å²) >= 11 is 0. The van der Waals surface area contributed by atoms with E-state index in [1.807, 2.05) is 6.92 Å². The molecule has 0 aliphatic heterocycles. The number of aliphatic imine (C=N–C) groups is 1. The highest BCUT2D eigenvalue weighted by Gasteiger charge is 2.15. The lowest BCUT2D eigenvalue weighted by atomic mass is 10.2. The number of carbonyl (C=O) groups is 2. The van der Waals surface area contributed by atoms with Crippen LogP contribution in [0.2, 0.25) is 0 Å². The van der Waals surface area contributed by atoms with Gasteiger partial charge in [0.1, 0.15) is 0 Å². The summed E-state index contributed by atoms with van der Waals surface area (Å²) in [5.41, 5.74) is 1.91. The van der Waals surface area contributed by atoms with Crippen LogP contribution in [0.3, 0.4) is 0 Å². The summed E-state index contributed by atoms with van der Waals surface area (Å²) in [7, 11) is 1.48. The molecule has 0 heterocycles. The first-order valence-electron chi connectivity index (χ1n) is 9.33. The van der Waals surface area contributed by atoms with Crippen molar-refractivity contribution in [3.63, 3.8) is 0 Å². The Hall–Kier alpha value is -3.35. The van der Waals surface area contributed by atoms with Crippen molar-refractivity contribution in [2.75, 3.05) is 13.7 Å². The smallest absolute Gasteiger partial charge is 0.344 e. The molecule has 0 radical (unpaired) electrons. The Morgan fingerprint density at radius 1 is 1.14 bits per heavy atom. The predicted octanol–water partition coefficient (Wildman–Crippen LogP) is 4.25. The van der Waals surface area contributed by atoms with Gasteiger partial charge in [-0.05, 0) is 61.4 Å². The van der Waals surface area contributed by atoms with Gasteiger partial charge in [0.25, 0.3) is 0 Å². The van der Waals surface area contributed by atoms with E-state index in [9.17, 15) is 9.59 Å². The molecule has 154 valence electrons. The standard InChI is InChI=1S/C22H25NO6/c1-4-5-12-28-22(26)17-7-9-18(10-8-17)23-14-16-6-11-19(20(13-16)27-3)29-15(2)21(24)25/h6-11,13-15H,4-5,12H2,1-3H3,(H,24,25)/t15-/m1/s1. The monoisotopic (exact) mass is 399 g/mol. The third kappa shape index (κ3) is 6.64. The number of hydrogen-bond acceptors (Lipinski definition) is 6. The number of carboxylic acid groups (broad SMARTS) is 1. The third-order valence-electron chi connectivity index (χ3n) is 4.04. The molecular weight excluding hydrogens is 374 g/mol. The van der Waals surface area contributed by atoms with Gasteiger partial charge < -0.3 is 19.3 Å². The van der Waals surface area contributed by atoms with Crippen LogP contribution in [0.1, 0.15) is 42.6 Å². The van der Waals surface area contributed by atoms with E-state index in [0.717, 1.165) is 18.4 Å². The number of nitrogens with zero attached hydrogens (tertiary/aromatic N) is 1. The molecule has 7 nitrogen and oxygen atoms in total. The average molecular weight is 399 g/mol. The molecule has 0 unspecified atom stereocenters. The molecule has 0 aliphatic carbocycles. The topological polar surface area (TPSA) is 94.4 Å². The fourth-order valence-electron chi connectivity index (χ4n) is 2.33. The molecular formula is C22H25NO6. The molecule has 2 rings (SSSR count). The number of esters is 1. The Kier molecular flexibility index (Phi) is 8.21. The number of carbonyl (C=O) groups excluding carboxylic acids is 1. The zero-order valence-electron chi connectivity index (χ0n) is 16.8. The van der Waals surface area contributed by atoms with Gasteiger partial charge in [-0.15, -0.1) is 0 Å². The number of benzene rings is 2. The van der Waals surface area contributed by atoms with Crippen molar-refractivity contribution in [2.24, 2.45) is 4.99 Å². The SMILES string of the molecule is CCCCOC(=O)c1ccc(N=Cc2ccc(O[C@H](C)C(=O)O)c(OC)c2)cc1. The van der Waals surface area contributed by atoms with Crippen LogP contribution in [0.4, 0.5) is 5.69 Å². The van der Waals surface area contributed by atoms with Crippen molar-refractivity contribution in [3.05, 3.63) is 53.6 Å². The van der Waals surface area contributed by atoms with E-state index in [1.54, 1.807) is 48.7 Å². The summed E-state index contributed by atoms with van der Waals surface area (Å²) < 4.78 is 15.8. The number of ether oxygens (including phenoxy) is 3. The van der Waals surface area contributed by atoms with Crippen molar-refractivity contribution in [2.45, 2.75) is 32.8 Å². The minimum atomic E-state index is -1.06. The first-order valence-corrected chi connectivity index (χ1v) is 9.33. The first-order chi connectivity index (χ1) is 13.9. The maximum Gasteiger partial charge on any atom is 0.344 e. The van der Waals surface area contributed by atoms with Gasteiger partial charge >= 0.3 is 11.9 Å². The molecule has 7 heteroatoms. The molecule has 2 aromatic carbocycles. The van der Waals surface area contributed by atoms with Crippen LogP contribution in [0.5, 0.6) is 11.5 Å². The van der Waals surface area contributed by atoms with Crippen LogP contribution < -0.4 is 9.47 Å². The highest BCUT2D eigenvalue weighted by molar-refractivity contribution is 5.90. The van der Waals surface area contributed by atoms with Gasteiger partial charge in [0, 0.05) is 6.21 Å². The van der Waals surface area contributed by atoms with E-state index in [4.69, 9.17) is 19.3 Å². The Morgan fingerprint density at radius 3 is 2.48 bits per heavy atom. The summed E-state index contributed by atoms with van der Waals surface area (Å²) in [6.07, 6.45) is 2.46. The summed E-state index contributed by atoms with van der Waals surface area (Å²) in [5, 5.41) is 8.96. The normalized spacial score (nSPS) is 11.8. The van der Waals surface area contributed by atoms with Crippen molar-refractivity contribution in [3.8, 4) is 11.5 Å². The van der Waals surface area contributed by atoms with Crippen LogP contribution >= 0.6 is 0 Å². The Bertz CT molecular complexity index is 860. The highest BCUT2D eigenvalue weighted by Crippen LogP contribution is 2.28. The number of aliphatic carboxylic acids is 1. The number of rotatable bonds is 10. The third-order valence-corrected chi connectivity index (χ3v) is 4.04. The zero-order valence-corrected chi connectivity index (χ0v) is 16.8. The van der Waals surface area contributed by atoms with Gasteiger partial charge in [-0.2, -0.15) is 0 Å². The first kappa shape index (κ1) is 21.9. The van der Waals surface area contributed by atoms with Crippen LogP contribution in [0, 0.1) is 0 Å². The molecule has 0 amide bonds. The molecule has 1 N–H and O–H groups in total. The predicted molar refractivity (Wildman–Crippen MR) is 110 cm³/mol. The summed E-state index contributed by atoms with van der Waals surface area (Å²) in [6.45, 7) is 3.90. The summed E-state index contributed by atoms with van der Waals surface area (Å²) in [5.74, 6) is -0.655. The quantitative estimate of drug-likeness (QED) is 0.364. The van der Waals surface area contributed by atoms with Crippen LogP contribution in [-0.2, 0) is 9.53 Å². The van der Waals surface area contributed by atoms with Gasteiger partial charge in [0.15, 0.2) is 17.6 Å². The lowest BCUT2D eigenvalue weighted by Crippen LogP contribution is -2.23. The van der Waals surface area contributed by atoms with Gasteiger partial charge in [-0.3, -0.25) is 4.99 Å². The molecule has 0 bridgehead atoms. The highest BCUT2D eigenvalue weighted by atomic mass is 16.5. The molecule has 0 aromatic heterocycles. The van der Waals surface area contributed by atoms with Crippen LogP contribution in [-0.4, -0.2) is 43.1 Å². The second-order valence-corrected chi connectivity index (χ2v) is 6.30. The van der Waals surface area contributed by atoms with E-state index >= 15 is 0 Å². The van der Waals surface area contributed by atoms with E-state index in [0.29, 0.717) is 29.4 Å². The minimum absolute atomic E-state index is 0.338. The molecule has 0 saturated carbocycles. The number of hydrogen-bond donors (Lipinski definition) is 1. The lowest BCUT2D eigenvalue weighted by Gasteiger charge is -2.14. The van der Waals surface area contributed by atoms with E-state index < -0.39 is 12.1 Å². The maximum atomic E-state index is 11.9. The van der Waals surface area contributed by atoms with Crippen LogP contribution in [0.15, 0.2) is 47.5 Å². The largest absolute Gasteiger partial charge is 0.493 e. The number of methoxy groups -OCH3 is 1. The fraction of sp³-hybridized carbons (Fsp3) is 0.318. The second kappa shape index (κ2) is 10.8. The summed E-state index contributed by atoms with van der Waals surface area (Å²) in [6, 6.07) is 11.9. The van der Waals surface area contributed by atoms with Crippen LogP contribution in [0.25, 0.3) is 0 Å². The number of carboxylic acids is 1. The van der Waals surface area contributed by atoms with Gasteiger partial charge in [-0.1, -0.05) is 13.3 Å². The van der Waals surface area contributed by atoms with Gasteiger partial charge in [0.2, 0.25) is 0 Å². The Balaban J connectivity index is 2.05. The van der Waals surface area contributed by atoms with E-state index in [1.165, 1.54) is 14.0 Å². The van der Waals surface area contributed by atoms with Gasteiger partial charge in [0.05, 0.1) is 25.0 Å². The zero-order chi connectivity index (χ0) is 21.2. The number of unbranched alkanes of at least 4 members (excludes halogenated alkanes) is 1. The van der Waals surface area contributed by atoms with E-state index in [-0.39, 0.29) is 5.97 Å². The van der Waals surface area contributed by atoms with E-state index in [2.05, 4.69) is 4.99 Å². The fourth-order valence-corrected chi connectivity index (χ4v) is 2.33. The second-order valence-electron chi connectivity index (χ2n) is 6.30. The van der Waals surface area contributed by atoms with Crippen molar-refractivity contribution in [1.29, 1.82) is 0 Å². The molecule has 0 fully saturated rings. The Morgan fingerprint density at radius 2 is 1.86 bits per heavy atom. The molecule has 0 saturated heterocycles. The summed E-state index contributed by atoms with van der Waals surface area (Å²) in [4.78, 5) is 27.2. The molecule has 0 aliphatic rings. The minimum Gasteiger partial charge on any atom is -0.493 e. The molecule has 2 aromatic rings. The maximum absolute atomic E-state index is 11.9. The molecule has 0 spiro atoms. The molecule has 29 heavy (non-hydrogen) atoms. The van der Waals surface area contributed by atoms with Crippen molar-refractivity contribution >= 4 is 23.8 Å². The Labute approximate surface area is 169 Å².